The van der Waals surface area contributed by atoms with E-state index in [-0.39, 0.29) is 35.2 Å². The van der Waals surface area contributed by atoms with E-state index in [1.807, 2.05) is 0 Å². The summed E-state index contributed by atoms with van der Waals surface area (Å²) in [4.78, 5) is 35.3. The van der Waals surface area contributed by atoms with Crippen molar-refractivity contribution in [2.24, 2.45) is 0 Å². The van der Waals surface area contributed by atoms with Gasteiger partial charge in [-0.05, 0) is 12.5 Å². The predicted molar refractivity (Wildman–Crippen MR) is 69.8 cm³/mol. The molecule has 1 aliphatic heterocycles. The van der Waals surface area contributed by atoms with Gasteiger partial charge in [-0.1, -0.05) is 0 Å². The normalized spacial score (nSPS) is 15.1. The SMILES string of the molecule is COc1cc(C(=O)N2CCCC(=O)C2)ccc1[N+](=O)[O-]. The zero-order valence-corrected chi connectivity index (χ0v) is 11.0. The van der Waals surface area contributed by atoms with Crippen molar-refractivity contribution in [1.82, 2.24) is 4.90 Å². The van der Waals surface area contributed by atoms with Crippen LogP contribution in [0.4, 0.5) is 5.69 Å². The molecule has 0 radical (unpaired) electrons. The van der Waals surface area contributed by atoms with Gasteiger partial charge in [0.05, 0.1) is 18.6 Å². The van der Waals surface area contributed by atoms with Gasteiger partial charge in [0.1, 0.15) is 0 Å². The number of nitrogens with zero attached hydrogens (tertiary/aromatic N) is 2. The third-order valence-electron chi connectivity index (χ3n) is 3.16. The van der Waals surface area contributed by atoms with E-state index >= 15 is 0 Å². The van der Waals surface area contributed by atoms with E-state index in [1.165, 1.54) is 30.2 Å². The Morgan fingerprint density at radius 2 is 2.20 bits per heavy atom. The smallest absolute Gasteiger partial charge is 0.310 e. The molecule has 7 heteroatoms. The minimum absolute atomic E-state index is 0.0264. The molecule has 1 aliphatic rings. The molecule has 0 atom stereocenters. The molecule has 1 fully saturated rings. The molecule has 1 aromatic carbocycles. The number of ether oxygens (including phenoxy) is 1. The summed E-state index contributed by atoms with van der Waals surface area (Å²) in [5.41, 5.74) is 0.0842. The Kier molecular flexibility index (Phi) is 3.97. The van der Waals surface area contributed by atoms with Crippen LogP contribution in [0.2, 0.25) is 0 Å². The van der Waals surface area contributed by atoms with Crippen LogP contribution in [0.1, 0.15) is 23.2 Å². The summed E-state index contributed by atoms with van der Waals surface area (Å²) in [7, 11) is 1.31. The average Bonchev–Trinajstić information content (AvgIpc) is 2.45. The lowest BCUT2D eigenvalue weighted by atomic mass is 10.1. The van der Waals surface area contributed by atoms with Crippen molar-refractivity contribution in [1.29, 1.82) is 0 Å². The number of carbonyl (C=O) groups excluding carboxylic acids is 2. The molecule has 1 aromatic rings. The highest BCUT2D eigenvalue weighted by molar-refractivity contribution is 5.98. The molecule has 20 heavy (non-hydrogen) atoms. The standard InChI is InChI=1S/C13H14N2O5/c1-20-12-7-9(4-5-11(12)15(18)19)13(17)14-6-2-3-10(16)8-14/h4-5,7H,2-3,6,8H2,1H3. The van der Waals surface area contributed by atoms with Crippen molar-refractivity contribution >= 4 is 17.4 Å². The van der Waals surface area contributed by atoms with E-state index in [4.69, 9.17) is 4.74 Å². The van der Waals surface area contributed by atoms with Gasteiger partial charge in [-0.2, -0.15) is 0 Å². The largest absolute Gasteiger partial charge is 0.490 e. The van der Waals surface area contributed by atoms with Crippen LogP contribution in [-0.4, -0.2) is 41.7 Å². The summed E-state index contributed by atoms with van der Waals surface area (Å²) < 4.78 is 4.93. The second kappa shape index (κ2) is 5.68. The second-order valence-electron chi connectivity index (χ2n) is 4.51. The van der Waals surface area contributed by atoms with Crippen molar-refractivity contribution in [3.8, 4) is 5.75 Å². The van der Waals surface area contributed by atoms with Crippen molar-refractivity contribution < 1.29 is 19.2 Å². The van der Waals surface area contributed by atoms with Crippen LogP contribution in [0.25, 0.3) is 0 Å². The summed E-state index contributed by atoms with van der Waals surface area (Å²) in [5, 5.41) is 10.8. The first-order valence-corrected chi connectivity index (χ1v) is 6.16. The van der Waals surface area contributed by atoms with Gasteiger partial charge in [0.2, 0.25) is 0 Å². The summed E-state index contributed by atoms with van der Waals surface area (Å²) >= 11 is 0. The van der Waals surface area contributed by atoms with Crippen molar-refractivity contribution in [2.45, 2.75) is 12.8 Å². The minimum Gasteiger partial charge on any atom is -0.490 e. The molecule has 2 rings (SSSR count). The molecule has 1 amide bonds. The number of nitro groups is 1. The maximum Gasteiger partial charge on any atom is 0.310 e. The summed E-state index contributed by atoms with van der Waals surface area (Å²) in [5.74, 6) is -0.256. The number of amides is 1. The third kappa shape index (κ3) is 2.76. The van der Waals surface area contributed by atoms with E-state index in [2.05, 4.69) is 0 Å². The number of methoxy groups -OCH3 is 1. The van der Waals surface area contributed by atoms with Crippen LogP contribution in [0, 0.1) is 10.1 Å². The Hall–Kier alpha value is -2.44. The number of hydrogen-bond acceptors (Lipinski definition) is 5. The quantitative estimate of drug-likeness (QED) is 0.616. The summed E-state index contributed by atoms with van der Waals surface area (Å²) in [6.45, 7) is 0.613. The number of carbonyl (C=O) groups is 2. The zero-order chi connectivity index (χ0) is 14.7. The highest BCUT2D eigenvalue weighted by atomic mass is 16.6. The molecule has 0 aliphatic carbocycles. The number of likely N-dealkylation sites (tertiary alicyclic amines) is 1. The van der Waals surface area contributed by atoms with E-state index in [0.29, 0.717) is 19.4 Å². The van der Waals surface area contributed by atoms with Gasteiger partial charge in [0, 0.05) is 30.7 Å². The number of hydrogen-bond donors (Lipinski definition) is 0. The number of Topliss-reactive ketones (excluding diaryl/α,β-unsaturated/α-hetero) is 1. The Morgan fingerprint density at radius 1 is 1.45 bits per heavy atom. The number of benzene rings is 1. The molecule has 1 heterocycles. The molecule has 0 saturated carbocycles. The van der Waals surface area contributed by atoms with Crippen molar-refractivity contribution in [2.75, 3.05) is 20.2 Å². The van der Waals surface area contributed by atoms with E-state index in [1.54, 1.807) is 0 Å². The number of ketones is 1. The minimum atomic E-state index is -0.572. The zero-order valence-electron chi connectivity index (χ0n) is 11.0. The molecule has 0 bridgehead atoms. The van der Waals surface area contributed by atoms with Crippen LogP contribution in [0.5, 0.6) is 5.75 Å². The second-order valence-corrected chi connectivity index (χ2v) is 4.51. The monoisotopic (exact) mass is 278 g/mol. The van der Waals surface area contributed by atoms with Gasteiger partial charge < -0.3 is 9.64 Å². The summed E-state index contributed by atoms with van der Waals surface area (Å²) in [6, 6.07) is 3.94. The molecule has 7 nitrogen and oxygen atoms in total. The Morgan fingerprint density at radius 3 is 2.80 bits per heavy atom. The lowest BCUT2D eigenvalue weighted by Gasteiger charge is -2.25. The highest BCUT2D eigenvalue weighted by Gasteiger charge is 2.24. The van der Waals surface area contributed by atoms with Crippen LogP contribution < -0.4 is 4.74 Å². The molecule has 0 aromatic heterocycles. The predicted octanol–water partition coefficient (Wildman–Crippen LogP) is 1.41. The lowest BCUT2D eigenvalue weighted by Crippen LogP contribution is -2.40. The van der Waals surface area contributed by atoms with E-state index in [0.717, 1.165) is 0 Å². The molecule has 0 unspecified atom stereocenters. The third-order valence-corrected chi connectivity index (χ3v) is 3.16. The number of nitro benzene ring substituents is 1. The molecular formula is C13H14N2O5. The first kappa shape index (κ1) is 14.0. The molecule has 1 saturated heterocycles. The Labute approximate surface area is 115 Å². The average molecular weight is 278 g/mol. The van der Waals surface area contributed by atoms with E-state index < -0.39 is 4.92 Å². The van der Waals surface area contributed by atoms with Crippen molar-refractivity contribution in [3.05, 3.63) is 33.9 Å². The molecule has 0 N–H and O–H groups in total. The summed E-state index contributed by atoms with van der Waals surface area (Å²) in [6.07, 6.45) is 1.14. The topological polar surface area (TPSA) is 89.8 Å². The number of piperidine rings is 1. The van der Waals surface area contributed by atoms with E-state index in [9.17, 15) is 19.7 Å². The van der Waals surface area contributed by atoms with Crippen molar-refractivity contribution in [3.63, 3.8) is 0 Å². The fourth-order valence-electron chi connectivity index (χ4n) is 2.16. The van der Waals surface area contributed by atoms with Crippen LogP contribution >= 0.6 is 0 Å². The van der Waals surface area contributed by atoms with Crippen LogP contribution in [-0.2, 0) is 4.79 Å². The Bertz CT molecular complexity index is 570. The molecular weight excluding hydrogens is 264 g/mol. The van der Waals surface area contributed by atoms with Gasteiger partial charge in [-0.15, -0.1) is 0 Å². The van der Waals surface area contributed by atoms with Gasteiger partial charge >= 0.3 is 5.69 Å². The molecule has 106 valence electrons. The van der Waals surface area contributed by atoms with Crippen LogP contribution in [0.3, 0.4) is 0 Å². The van der Waals surface area contributed by atoms with Gasteiger partial charge in [0.15, 0.2) is 11.5 Å². The Balaban J connectivity index is 2.26. The first-order chi connectivity index (χ1) is 9.52. The highest BCUT2D eigenvalue weighted by Crippen LogP contribution is 2.28. The fourth-order valence-corrected chi connectivity index (χ4v) is 2.16. The molecule has 0 spiro atoms. The van der Waals surface area contributed by atoms with Crippen LogP contribution in [0.15, 0.2) is 18.2 Å². The first-order valence-electron chi connectivity index (χ1n) is 6.16. The van der Waals surface area contributed by atoms with Gasteiger partial charge in [0.25, 0.3) is 5.91 Å². The maximum atomic E-state index is 12.2. The number of rotatable bonds is 3. The maximum absolute atomic E-state index is 12.2. The van der Waals surface area contributed by atoms with Gasteiger partial charge in [-0.3, -0.25) is 19.7 Å². The fraction of sp³-hybridized carbons (Fsp3) is 0.385. The lowest BCUT2D eigenvalue weighted by molar-refractivity contribution is -0.385. The van der Waals surface area contributed by atoms with Gasteiger partial charge in [-0.25, -0.2) is 0 Å².